The standard InChI is InChI=1S/C18H23Cl2N5O4S/c1-10-18(8-15(26)22-2,16(20)12(19)9-25(10)30(21,28)29)24-17(27)14-7-11-5-3-4-6-13(11)23-14/h3-7,10,12,16,23H,8-9H2,1-2H3,(H,22,26)(H,24,27)(H2,21,28,29). The second-order valence-corrected chi connectivity index (χ2v) is 9.85. The van der Waals surface area contributed by atoms with Gasteiger partial charge in [0.25, 0.3) is 16.1 Å². The van der Waals surface area contributed by atoms with Crippen LogP contribution in [0.4, 0.5) is 0 Å². The van der Waals surface area contributed by atoms with Gasteiger partial charge in [0, 0.05) is 30.5 Å². The minimum absolute atomic E-state index is 0.145. The first-order valence-corrected chi connectivity index (χ1v) is 11.6. The molecule has 0 saturated carbocycles. The highest BCUT2D eigenvalue weighted by atomic mass is 35.5. The van der Waals surface area contributed by atoms with Crippen LogP contribution in [0.25, 0.3) is 10.9 Å². The largest absolute Gasteiger partial charge is 0.359 e. The molecule has 3 rings (SSSR count). The topological polar surface area (TPSA) is 137 Å². The van der Waals surface area contributed by atoms with Crippen molar-refractivity contribution < 1.29 is 18.0 Å². The van der Waals surface area contributed by atoms with Gasteiger partial charge in [-0.15, -0.1) is 23.2 Å². The maximum atomic E-state index is 13.1. The third-order valence-corrected chi connectivity index (χ3v) is 7.85. The Bertz CT molecular complexity index is 1040. The van der Waals surface area contributed by atoms with Crippen molar-refractivity contribution in [1.29, 1.82) is 0 Å². The van der Waals surface area contributed by atoms with Crippen LogP contribution in [0.2, 0.25) is 0 Å². The van der Waals surface area contributed by atoms with E-state index >= 15 is 0 Å². The van der Waals surface area contributed by atoms with Crippen molar-refractivity contribution in [3.05, 3.63) is 36.0 Å². The van der Waals surface area contributed by atoms with Crippen molar-refractivity contribution >= 4 is 56.1 Å². The molecule has 1 saturated heterocycles. The van der Waals surface area contributed by atoms with Gasteiger partial charge in [0.05, 0.1) is 22.7 Å². The highest BCUT2D eigenvalue weighted by molar-refractivity contribution is 7.86. The molecule has 1 aliphatic heterocycles. The summed E-state index contributed by atoms with van der Waals surface area (Å²) in [5.74, 6) is -0.989. The van der Waals surface area contributed by atoms with Crippen LogP contribution in [0.3, 0.4) is 0 Å². The summed E-state index contributed by atoms with van der Waals surface area (Å²) in [6.45, 7) is 1.39. The molecule has 2 amide bonds. The molecule has 30 heavy (non-hydrogen) atoms. The summed E-state index contributed by atoms with van der Waals surface area (Å²) in [6, 6.07) is 8.05. The smallest absolute Gasteiger partial charge is 0.277 e. The van der Waals surface area contributed by atoms with Gasteiger partial charge in [-0.25, -0.2) is 5.14 Å². The van der Waals surface area contributed by atoms with Crippen LogP contribution in [-0.4, -0.2) is 65.4 Å². The van der Waals surface area contributed by atoms with Gasteiger partial charge in [-0.05, 0) is 19.1 Å². The number of nitrogens with two attached hydrogens (primary N) is 1. The Morgan fingerprint density at radius 1 is 1.33 bits per heavy atom. The molecule has 5 N–H and O–H groups in total. The lowest BCUT2D eigenvalue weighted by Crippen LogP contribution is -2.74. The Hall–Kier alpha value is -1.85. The average molecular weight is 476 g/mol. The molecule has 1 aliphatic rings. The van der Waals surface area contributed by atoms with E-state index in [1.165, 1.54) is 14.0 Å². The highest BCUT2D eigenvalue weighted by Crippen LogP contribution is 2.38. The number of aromatic nitrogens is 1. The number of hydrogen-bond acceptors (Lipinski definition) is 4. The summed E-state index contributed by atoms with van der Waals surface area (Å²) in [6.07, 6.45) is -0.292. The van der Waals surface area contributed by atoms with Gasteiger partial charge >= 0.3 is 0 Å². The van der Waals surface area contributed by atoms with E-state index in [0.29, 0.717) is 0 Å². The summed E-state index contributed by atoms with van der Waals surface area (Å²) >= 11 is 13.0. The van der Waals surface area contributed by atoms with E-state index in [9.17, 15) is 18.0 Å². The molecule has 4 atom stereocenters. The number of piperidine rings is 1. The van der Waals surface area contributed by atoms with Crippen LogP contribution in [0, 0.1) is 0 Å². The van der Waals surface area contributed by atoms with Crippen LogP contribution in [0.1, 0.15) is 23.8 Å². The molecule has 0 radical (unpaired) electrons. The van der Waals surface area contributed by atoms with E-state index in [4.69, 9.17) is 28.3 Å². The second-order valence-electron chi connectivity index (χ2n) is 7.32. The van der Waals surface area contributed by atoms with Gasteiger partial charge in [0.1, 0.15) is 5.69 Å². The first kappa shape index (κ1) is 22.8. The van der Waals surface area contributed by atoms with E-state index in [2.05, 4.69) is 15.6 Å². The summed E-state index contributed by atoms with van der Waals surface area (Å²) < 4.78 is 25.3. The highest BCUT2D eigenvalue weighted by Gasteiger charge is 2.56. The monoisotopic (exact) mass is 475 g/mol. The molecule has 0 spiro atoms. The molecule has 0 bridgehead atoms. The molecule has 12 heteroatoms. The van der Waals surface area contributed by atoms with E-state index in [0.717, 1.165) is 15.2 Å². The fourth-order valence-electron chi connectivity index (χ4n) is 3.85. The number of hydrogen-bond donors (Lipinski definition) is 4. The number of halogens is 2. The zero-order valence-electron chi connectivity index (χ0n) is 16.4. The van der Waals surface area contributed by atoms with E-state index < -0.39 is 44.4 Å². The summed E-state index contributed by atoms with van der Waals surface area (Å²) in [4.78, 5) is 28.5. The van der Waals surface area contributed by atoms with E-state index in [1.54, 1.807) is 6.07 Å². The minimum atomic E-state index is -4.17. The third-order valence-electron chi connectivity index (χ3n) is 5.52. The van der Waals surface area contributed by atoms with Crippen molar-refractivity contribution in [1.82, 2.24) is 19.9 Å². The van der Waals surface area contributed by atoms with Crippen molar-refractivity contribution in [2.75, 3.05) is 13.6 Å². The van der Waals surface area contributed by atoms with Crippen LogP contribution in [0.5, 0.6) is 0 Å². The zero-order chi connectivity index (χ0) is 22.3. The lowest BCUT2D eigenvalue weighted by atomic mass is 9.79. The van der Waals surface area contributed by atoms with Crippen molar-refractivity contribution in [2.45, 2.75) is 35.7 Å². The Balaban J connectivity index is 2.05. The second kappa shape index (κ2) is 8.35. The number of fused-ring (bicyclic) bond motifs is 1. The number of H-pyrrole nitrogens is 1. The number of aromatic amines is 1. The normalized spacial score (nSPS) is 27.7. The number of nitrogens with zero attached hydrogens (tertiary/aromatic N) is 1. The molecule has 164 valence electrons. The lowest BCUT2D eigenvalue weighted by Gasteiger charge is -2.51. The van der Waals surface area contributed by atoms with Gasteiger partial charge in [0.15, 0.2) is 0 Å². The first-order valence-electron chi connectivity index (χ1n) is 9.18. The number of carbonyl (C=O) groups excluding carboxylic acids is 2. The van der Waals surface area contributed by atoms with Crippen molar-refractivity contribution in [3.8, 4) is 0 Å². The summed E-state index contributed by atoms with van der Waals surface area (Å²) in [5.41, 5.74) is -0.515. The molecule has 4 unspecified atom stereocenters. The molecular formula is C18H23Cl2N5O4S. The molecule has 0 aliphatic carbocycles. The molecule has 1 aromatic carbocycles. The Morgan fingerprint density at radius 3 is 2.60 bits per heavy atom. The molecule has 1 aromatic heterocycles. The van der Waals surface area contributed by atoms with Gasteiger partial charge < -0.3 is 15.6 Å². The third kappa shape index (κ3) is 4.15. The molecule has 2 heterocycles. The number of carbonyl (C=O) groups is 2. The maximum Gasteiger partial charge on any atom is 0.277 e. The molecule has 9 nitrogen and oxygen atoms in total. The lowest BCUT2D eigenvalue weighted by molar-refractivity contribution is -0.122. The van der Waals surface area contributed by atoms with Crippen LogP contribution < -0.4 is 15.8 Å². The Labute approximate surface area is 184 Å². The van der Waals surface area contributed by atoms with Crippen molar-refractivity contribution in [2.24, 2.45) is 5.14 Å². The van der Waals surface area contributed by atoms with Gasteiger partial charge in [0.2, 0.25) is 5.91 Å². The minimum Gasteiger partial charge on any atom is -0.359 e. The molecule has 1 fully saturated rings. The van der Waals surface area contributed by atoms with Gasteiger partial charge in [-0.1, -0.05) is 18.2 Å². The number of nitrogens with one attached hydrogen (secondary N) is 3. The first-order chi connectivity index (χ1) is 14.0. The molecular weight excluding hydrogens is 453 g/mol. The predicted molar refractivity (Wildman–Crippen MR) is 116 cm³/mol. The number of amides is 2. The van der Waals surface area contributed by atoms with Crippen molar-refractivity contribution in [3.63, 3.8) is 0 Å². The number of rotatable bonds is 5. The van der Waals surface area contributed by atoms with E-state index in [1.807, 2.05) is 24.3 Å². The van der Waals surface area contributed by atoms with Crippen LogP contribution in [-0.2, 0) is 15.0 Å². The number of benzene rings is 1. The summed E-state index contributed by atoms with van der Waals surface area (Å²) in [5, 5.41) is 9.62. The Kier molecular flexibility index (Phi) is 6.35. The number of para-hydroxylation sites is 1. The fourth-order valence-corrected chi connectivity index (χ4v) is 5.69. The average Bonchev–Trinajstić information content (AvgIpc) is 3.12. The SMILES string of the molecule is CNC(=O)CC1(NC(=O)c2cc3ccccc3[nH]2)C(Cl)C(Cl)CN(S(N)(=O)=O)C1C. The van der Waals surface area contributed by atoms with Crippen LogP contribution in [0.15, 0.2) is 30.3 Å². The van der Waals surface area contributed by atoms with E-state index in [-0.39, 0.29) is 18.7 Å². The maximum absolute atomic E-state index is 13.1. The fraction of sp³-hybridized carbons (Fsp3) is 0.444. The zero-order valence-corrected chi connectivity index (χ0v) is 18.7. The van der Waals surface area contributed by atoms with Gasteiger partial charge in [-0.3, -0.25) is 9.59 Å². The van der Waals surface area contributed by atoms with Crippen LogP contribution >= 0.6 is 23.2 Å². The number of alkyl halides is 2. The quantitative estimate of drug-likeness (QED) is 0.477. The summed E-state index contributed by atoms with van der Waals surface area (Å²) in [7, 11) is -2.73. The molecule has 2 aromatic rings. The van der Waals surface area contributed by atoms with Gasteiger partial charge in [-0.2, -0.15) is 12.7 Å². The predicted octanol–water partition coefficient (Wildman–Crippen LogP) is 0.895. The Morgan fingerprint density at radius 2 is 2.00 bits per heavy atom.